The lowest BCUT2D eigenvalue weighted by atomic mass is 10.3. The highest BCUT2D eigenvalue weighted by molar-refractivity contribution is 14.1. The van der Waals surface area contributed by atoms with Crippen molar-refractivity contribution in [3.63, 3.8) is 0 Å². The highest BCUT2D eigenvalue weighted by Gasteiger charge is 2.10. The molecule has 0 saturated carbocycles. The van der Waals surface area contributed by atoms with Crippen molar-refractivity contribution < 1.29 is 0 Å². The standard InChI is InChI=1S/C9H6BrIS2/c1-12-9-7(11)5-3-2-4-6(10)8(5)13-9/h2-4H,1H3. The third-order valence-corrected chi connectivity index (χ3v) is 6.90. The normalized spacial score (nSPS) is 11.0. The molecular weight excluding hydrogens is 379 g/mol. The zero-order valence-corrected chi connectivity index (χ0v) is 12.2. The molecule has 0 aliphatic heterocycles. The second kappa shape index (κ2) is 4.08. The first-order valence-corrected chi connectivity index (χ1v) is 7.56. The first-order valence-electron chi connectivity index (χ1n) is 3.64. The highest BCUT2D eigenvalue weighted by Crippen LogP contribution is 2.40. The summed E-state index contributed by atoms with van der Waals surface area (Å²) in [7, 11) is 0. The summed E-state index contributed by atoms with van der Waals surface area (Å²) in [5, 5.41) is 1.37. The number of thioether (sulfide) groups is 1. The summed E-state index contributed by atoms with van der Waals surface area (Å²) >= 11 is 9.67. The van der Waals surface area contributed by atoms with Crippen LogP contribution in [0.2, 0.25) is 0 Å². The quantitative estimate of drug-likeness (QED) is 0.493. The minimum absolute atomic E-state index is 1.20. The highest BCUT2D eigenvalue weighted by atomic mass is 127. The molecular formula is C9H6BrIS2. The molecule has 4 heteroatoms. The molecule has 0 saturated heterocycles. The van der Waals surface area contributed by atoms with E-state index in [4.69, 9.17) is 0 Å². The van der Waals surface area contributed by atoms with Crippen LogP contribution < -0.4 is 0 Å². The van der Waals surface area contributed by atoms with E-state index < -0.39 is 0 Å². The largest absolute Gasteiger partial charge is 0.126 e. The fourth-order valence-electron chi connectivity index (χ4n) is 1.16. The van der Waals surface area contributed by atoms with Crippen molar-refractivity contribution >= 4 is 71.7 Å². The molecule has 2 rings (SSSR count). The number of fused-ring (bicyclic) bond motifs is 1. The Labute approximate surface area is 107 Å². The van der Waals surface area contributed by atoms with E-state index in [1.54, 1.807) is 0 Å². The lowest BCUT2D eigenvalue weighted by molar-refractivity contribution is 1.67. The summed E-state index contributed by atoms with van der Waals surface area (Å²) in [6.07, 6.45) is 2.13. The van der Waals surface area contributed by atoms with Gasteiger partial charge in [0.2, 0.25) is 0 Å². The van der Waals surface area contributed by atoms with Gasteiger partial charge in [0.1, 0.15) is 0 Å². The van der Waals surface area contributed by atoms with Crippen LogP contribution in [0.15, 0.2) is 26.9 Å². The first kappa shape index (κ1) is 10.3. The molecule has 0 amide bonds. The molecule has 0 aliphatic carbocycles. The minimum Gasteiger partial charge on any atom is -0.126 e. The topological polar surface area (TPSA) is 0 Å². The smallest absolute Gasteiger partial charge is 0.0742 e. The average Bonchev–Trinajstić information content (AvgIpc) is 2.45. The summed E-state index contributed by atoms with van der Waals surface area (Å²) in [5.74, 6) is 0. The molecule has 0 fully saturated rings. The van der Waals surface area contributed by atoms with Crippen molar-refractivity contribution in [2.24, 2.45) is 0 Å². The Morgan fingerprint density at radius 3 is 2.85 bits per heavy atom. The van der Waals surface area contributed by atoms with Gasteiger partial charge in [0.05, 0.1) is 8.91 Å². The van der Waals surface area contributed by atoms with Crippen LogP contribution >= 0.6 is 61.6 Å². The lowest BCUT2D eigenvalue weighted by Gasteiger charge is -1.91. The summed E-state index contributed by atoms with van der Waals surface area (Å²) in [6, 6.07) is 6.36. The number of hydrogen-bond donors (Lipinski definition) is 0. The van der Waals surface area contributed by atoms with E-state index >= 15 is 0 Å². The van der Waals surface area contributed by atoms with Gasteiger partial charge in [0.15, 0.2) is 0 Å². The monoisotopic (exact) mass is 384 g/mol. The van der Waals surface area contributed by atoms with E-state index in [0.29, 0.717) is 0 Å². The maximum absolute atomic E-state index is 3.57. The van der Waals surface area contributed by atoms with Crippen LogP contribution in [0.3, 0.4) is 0 Å². The molecule has 1 heterocycles. The van der Waals surface area contributed by atoms with E-state index in [9.17, 15) is 0 Å². The Bertz CT molecular complexity index is 450. The van der Waals surface area contributed by atoms with Crippen LogP contribution in [0, 0.1) is 3.57 Å². The van der Waals surface area contributed by atoms with E-state index in [1.807, 2.05) is 23.1 Å². The predicted octanol–water partition coefficient (Wildman–Crippen LogP) is 4.99. The second-order valence-electron chi connectivity index (χ2n) is 2.52. The molecule has 0 unspecified atom stereocenters. The SMILES string of the molecule is CSc1sc2c(Br)cccc2c1I. The van der Waals surface area contributed by atoms with Crippen LogP contribution in [0.4, 0.5) is 0 Å². The van der Waals surface area contributed by atoms with Crippen LogP contribution in [0.5, 0.6) is 0 Å². The molecule has 68 valence electrons. The number of hydrogen-bond acceptors (Lipinski definition) is 2. The maximum atomic E-state index is 3.57. The van der Waals surface area contributed by atoms with Crippen molar-refractivity contribution in [2.45, 2.75) is 4.21 Å². The Kier molecular flexibility index (Phi) is 3.22. The van der Waals surface area contributed by atoms with Crippen LogP contribution in [-0.4, -0.2) is 6.26 Å². The number of benzene rings is 1. The Balaban J connectivity index is 2.83. The van der Waals surface area contributed by atoms with E-state index in [0.717, 1.165) is 0 Å². The zero-order chi connectivity index (χ0) is 9.42. The molecule has 1 aromatic heterocycles. The summed E-state index contributed by atoms with van der Waals surface area (Å²) in [6.45, 7) is 0. The lowest BCUT2D eigenvalue weighted by Crippen LogP contribution is -1.68. The third-order valence-electron chi connectivity index (χ3n) is 1.76. The molecule has 0 nitrogen and oxygen atoms in total. The second-order valence-corrected chi connectivity index (χ2v) is 6.55. The van der Waals surface area contributed by atoms with E-state index in [-0.39, 0.29) is 0 Å². The number of thiophene rings is 1. The molecule has 0 bridgehead atoms. The van der Waals surface area contributed by atoms with Gasteiger partial charge < -0.3 is 0 Å². The van der Waals surface area contributed by atoms with Gasteiger partial charge >= 0.3 is 0 Å². The minimum atomic E-state index is 1.20. The maximum Gasteiger partial charge on any atom is 0.0742 e. The molecule has 0 N–H and O–H groups in total. The molecule has 0 atom stereocenters. The van der Waals surface area contributed by atoms with Gasteiger partial charge in [-0.3, -0.25) is 0 Å². The van der Waals surface area contributed by atoms with Crippen molar-refractivity contribution in [3.8, 4) is 0 Å². The van der Waals surface area contributed by atoms with Crippen LogP contribution in [-0.2, 0) is 0 Å². The van der Waals surface area contributed by atoms with E-state index in [2.05, 4.69) is 63.0 Å². The van der Waals surface area contributed by atoms with Crippen molar-refractivity contribution in [2.75, 3.05) is 6.26 Å². The number of rotatable bonds is 1. The van der Waals surface area contributed by atoms with Crippen LogP contribution in [0.1, 0.15) is 0 Å². The molecule has 13 heavy (non-hydrogen) atoms. The Morgan fingerprint density at radius 1 is 1.46 bits per heavy atom. The van der Waals surface area contributed by atoms with Crippen LogP contribution in [0.25, 0.3) is 10.1 Å². The summed E-state index contributed by atoms with van der Waals surface area (Å²) in [4.78, 5) is 0. The van der Waals surface area contributed by atoms with Gasteiger partial charge in [-0.1, -0.05) is 12.1 Å². The molecule has 0 spiro atoms. The predicted molar refractivity (Wildman–Crippen MR) is 74.0 cm³/mol. The van der Waals surface area contributed by atoms with Gasteiger partial charge in [-0.05, 0) is 50.8 Å². The van der Waals surface area contributed by atoms with E-state index in [1.165, 1.54) is 22.3 Å². The van der Waals surface area contributed by atoms with Gasteiger partial charge in [-0.25, -0.2) is 0 Å². The summed E-state index contributed by atoms with van der Waals surface area (Å²) < 4.78 is 5.35. The van der Waals surface area contributed by atoms with Crippen molar-refractivity contribution in [1.29, 1.82) is 0 Å². The summed E-state index contributed by atoms with van der Waals surface area (Å²) in [5.41, 5.74) is 0. The van der Waals surface area contributed by atoms with Crippen molar-refractivity contribution in [1.82, 2.24) is 0 Å². The Morgan fingerprint density at radius 2 is 2.23 bits per heavy atom. The fourth-order valence-corrected chi connectivity index (χ4v) is 5.10. The molecule has 0 radical (unpaired) electrons. The van der Waals surface area contributed by atoms with Gasteiger partial charge in [0.25, 0.3) is 0 Å². The fraction of sp³-hybridized carbons (Fsp3) is 0.111. The van der Waals surface area contributed by atoms with Gasteiger partial charge in [-0.15, -0.1) is 23.1 Å². The third kappa shape index (κ3) is 1.78. The zero-order valence-electron chi connectivity index (χ0n) is 6.80. The molecule has 0 aliphatic rings. The van der Waals surface area contributed by atoms with Gasteiger partial charge in [-0.2, -0.15) is 0 Å². The first-order chi connectivity index (χ1) is 6.24. The molecule has 2 aromatic rings. The Hall–Kier alpha value is 0.740. The average molecular weight is 385 g/mol. The van der Waals surface area contributed by atoms with Gasteiger partial charge in [0, 0.05) is 13.4 Å². The number of halogens is 2. The van der Waals surface area contributed by atoms with Crippen molar-refractivity contribution in [3.05, 3.63) is 26.2 Å². The molecule has 1 aromatic carbocycles.